The zero-order valence-corrected chi connectivity index (χ0v) is 18.1. The van der Waals surface area contributed by atoms with Crippen LogP contribution in [0.5, 0.6) is 0 Å². The van der Waals surface area contributed by atoms with Gasteiger partial charge in [-0.25, -0.2) is 8.42 Å². The van der Waals surface area contributed by atoms with Gasteiger partial charge in [0.1, 0.15) is 6.54 Å². The van der Waals surface area contributed by atoms with E-state index in [2.05, 4.69) is 0 Å². The highest BCUT2D eigenvalue weighted by atomic mass is 32.2. The zero-order chi connectivity index (χ0) is 21.7. The molecule has 0 saturated carbocycles. The highest BCUT2D eigenvalue weighted by molar-refractivity contribution is 7.92. The fourth-order valence-corrected chi connectivity index (χ4v) is 4.94. The molecule has 0 radical (unpaired) electrons. The van der Waals surface area contributed by atoms with Gasteiger partial charge in [0.25, 0.3) is 10.0 Å². The van der Waals surface area contributed by atoms with Crippen molar-refractivity contribution < 1.29 is 18.0 Å². The second-order valence-corrected chi connectivity index (χ2v) is 9.19. The van der Waals surface area contributed by atoms with Gasteiger partial charge in [0, 0.05) is 26.2 Å². The van der Waals surface area contributed by atoms with Crippen molar-refractivity contribution in [2.45, 2.75) is 25.2 Å². The Morgan fingerprint density at radius 2 is 1.67 bits per heavy atom. The van der Waals surface area contributed by atoms with Gasteiger partial charge in [-0.1, -0.05) is 42.8 Å². The molecule has 1 fully saturated rings. The zero-order valence-electron chi connectivity index (χ0n) is 17.3. The molecule has 7 nitrogen and oxygen atoms in total. The van der Waals surface area contributed by atoms with Gasteiger partial charge >= 0.3 is 0 Å². The first-order valence-electron chi connectivity index (χ1n) is 10.0. The van der Waals surface area contributed by atoms with Crippen LogP contribution in [0.4, 0.5) is 5.69 Å². The largest absolute Gasteiger partial charge is 0.342 e. The average Bonchev–Trinajstić information content (AvgIpc) is 2.77. The molecular formula is C22H27N3O4S. The number of carbonyl (C=O) groups is 2. The van der Waals surface area contributed by atoms with E-state index in [4.69, 9.17) is 0 Å². The summed E-state index contributed by atoms with van der Waals surface area (Å²) in [7, 11) is -3.93. The Hall–Kier alpha value is -2.87. The summed E-state index contributed by atoms with van der Waals surface area (Å²) in [6, 6.07) is 13.9. The number of aryl methyl sites for hydroxylation is 2. The van der Waals surface area contributed by atoms with Crippen molar-refractivity contribution in [3.8, 4) is 0 Å². The van der Waals surface area contributed by atoms with Gasteiger partial charge in [-0.3, -0.25) is 13.9 Å². The van der Waals surface area contributed by atoms with Gasteiger partial charge in [0.2, 0.25) is 12.3 Å². The van der Waals surface area contributed by atoms with Crippen LogP contribution in [0.2, 0.25) is 0 Å². The van der Waals surface area contributed by atoms with E-state index in [0.717, 1.165) is 17.5 Å². The average molecular weight is 430 g/mol. The molecule has 0 bridgehead atoms. The Labute approximate surface area is 177 Å². The van der Waals surface area contributed by atoms with Crippen LogP contribution in [0.25, 0.3) is 0 Å². The fourth-order valence-electron chi connectivity index (χ4n) is 3.49. The summed E-state index contributed by atoms with van der Waals surface area (Å²) in [4.78, 5) is 27.3. The van der Waals surface area contributed by atoms with E-state index in [0.29, 0.717) is 38.3 Å². The number of hydrogen-bond acceptors (Lipinski definition) is 4. The van der Waals surface area contributed by atoms with Crippen LogP contribution in [0.1, 0.15) is 18.1 Å². The van der Waals surface area contributed by atoms with Crippen LogP contribution in [-0.4, -0.2) is 63.3 Å². The minimum Gasteiger partial charge on any atom is -0.342 e. The van der Waals surface area contributed by atoms with E-state index in [-0.39, 0.29) is 17.3 Å². The van der Waals surface area contributed by atoms with Crippen molar-refractivity contribution >= 4 is 28.0 Å². The predicted molar refractivity (Wildman–Crippen MR) is 116 cm³/mol. The number of hydrogen-bond donors (Lipinski definition) is 0. The van der Waals surface area contributed by atoms with Gasteiger partial charge in [0.15, 0.2) is 0 Å². The summed E-state index contributed by atoms with van der Waals surface area (Å²) in [5.74, 6) is -0.276. The Balaban J connectivity index is 1.95. The van der Waals surface area contributed by atoms with Gasteiger partial charge in [0.05, 0.1) is 10.6 Å². The number of sulfonamides is 1. The SMILES string of the molecule is CCc1ccccc1N(CC(=O)N1CCN(C=O)CC1)S(=O)(=O)c1ccc(C)cc1. The van der Waals surface area contributed by atoms with Crippen LogP contribution < -0.4 is 4.31 Å². The minimum absolute atomic E-state index is 0.151. The van der Waals surface area contributed by atoms with Crippen molar-refractivity contribution in [3.63, 3.8) is 0 Å². The van der Waals surface area contributed by atoms with Crippen molar-refractivity contribution in [1.82, 2.24) is 9.80 Å². The van der Waals surface area contributed by atoms with Crippen LogP contribution >= 0.6 is 0 Å². The number of carbonyl (C=O) groups excluding carboxylic acids is 2. The molecule has 0 aliphatic carbocycles. The summed E-state index contributed by atoms with van der Waals surface area (Å²) in [6.45, 7) is 5.25. The van der Waals surface area contributed by atoms with Crippen molar-refractivity contribution in [3.05, 3.63) is 59.7 Å². The molecule has 160 valence electrons. The second kappa shape index (κ2) is 9.30. The van der Waals surface area contributed by atoms with Crippen molar-refractivity contribution in [2.75, 3.05) is 37.0 Å². The molecular weight excluding hydrogens is 402 g/mol. The molecule has 2 amide bonds. The number of piperazine rings is 1. The molecule has 1 aliphatic rings. The van der Waals surface area contributed by atoms with E-state index in [9.17, 15) is 18.0 Å². The Morgan fingerprint density at radius 1 is 1.03 bits per heavy atom. The van der Waals surface area contributed by atoms with Crippen molar-refractivity contribution in [2.24, 2.45) is 0 Å². The molecule has 2 aromatic rings. The summed E-state index contributed by atoms with van der Waals surface area (Å²) < 4.78 is 28.3. The molecule has 0 aromatic heterocycles. The Morgan fingerprint density at radius 3 is 2.27 bits per heavy atom. The maximum Gasteiger partial charge on any atom is 0.264 e. The molecule has 1 aliphatic heterocycles. The molecule has 2 aromatic carbocycles. The summed E-state index contributed by atoms with van der Waals surface area (Å²) >= 11 is 0. The molecule has 1 heterocycles. The molecule has 0 N–H and O–H groups in total. The van der Waals surface area contributed by atoms with Crippen molar-refractivity contribution in [1.29, 1.82) is 0 Å². The number of benzene rings is 2. The minimum atomic E-state index is -3.93. The number of anilines is 1. The van der Waals surface area contributed by atoms with Crippen LogP contribution in [-0.2, 0) is 26.0 Å². The lowest BCUT2D eigenvalue weighted by atomic mass is 10.1. The van der Waals surface area contributed by atoms with Gasteiger partial charge < -0.3 is 9.80 Å². The third-order valence-corrected chi connectivity index (χ3v) is 7.12. The summed E-state index contributed by atoms with van der Waals surface area (Å²) in [6.07, 6.45) is 1.41. The Bertz CT molecular complexity index is 997. The van der Waals surface area contributed by atoms with E-state index in [1.165, 1.54) is 4.31 Å². The molecule has 3 rings (SSSR count). The topological polar surface area (TPSA) is 78.0 Å². The first-order valence-corrected chi connectivity index (χ1v) is 11.4. The normalized spacial score (nSPS) is 14.5. The van der Waals surface area contributed by atoms with Gasteiger partial charge in [-0.2, -0.15) is 0 Å². The molecule has 0 unspecified atom stereocenters. The molecule has 1 saturated heterocycles. The van der Waals surface area contributed by atoms with E-state index in [1.807, 2.05) is 26.0 Å². The highest BCUT2D eigenvalue weighted by Crippen LogP contribution is 2.28. The third-order valence-electron chi connectivity index (χ3n) is 5.35. The maximum atomic E-state index is 13.5. The Kier molecular flexibility index (Phi) is 6.77. The number of amides is 2. The molecule has 0 spiro atoms. The summed E-state index contributed by atoms with van der Waals surface area (Å²) in [5, 5.41) is 0. The lowest BCUT2D eigenvalue weighted by Crippen LogP contribution is -2.51. The second-order valence-electron chi connectivity index (χ2n) is 7.33. The monoisotopic (exact) mass is 429 g/mol. The van der Waals surface area contributed by atoms with E-state index >= 15 is 0 Å². The quantitative estimate of drug-likeness (QED) is 0.631. The van der Waals surface area contributed by atoms with Crippen LogP contribution in [0.3, 0.4) is 0 Å². The van der Waals surface area contributed by atoms with E-state index < -0.39 is 10.0 Å². The third kappa shape index (κ3) is 4.64. The summed E-state index contributed by atoms with van der Waals surface area (Å²) in [5.41, 5.74) is 2.32. The fraction of sp³-hybridized carbons (Fsp3) is 0.364. The van der Waals surface area contributed by atoms with E-state index in [1.54, 1.807) is 46.2 Å². The molecule has 30 heavy (non-hydrogen) atoms. The number of nitrogens with zero attached hydrogens (tertiary/aromatic N) is 3. The lowest BCUT2D eigenvalue weighted by molar-refractivity contribution is -0.133. The number of rotatable bonds is 7. The van der Waals surface area contributed by atoms with Gasteiger partial charge in [-0.15, -0.1) is 0 Å². The lowest BCUT2D eigenvalue weighted by Gasteiger charge is -2.34. The number of para-hydroxylation sites is 1. The van der Waals surface area contributed by atoms with Crippen LogP contribution in [0.15, 0.2) is 53.4 Å². The highest BCUT2D eigenvalue weighted by Gasteiger charge is 2.31. The first kappa shape index (κ1) is 21.8. The van der Waals surface area contributed by atoms with Gasteiger partial charge in [-0.05, 0) is 37.1 Å². The van der Waals surface area contributed by atoms with Crippen LogP contribution in [0, 0.1) is 6.92 Å². The maximum absolute atomic E-state index is 13.5. The first-order chi connectivity index (χ1) is 14.4. The standard InChI is InChI=1S/C22H27N3O4S/c1-3-19-6-4-5-7-21(19)25(30(28,29)20-10-8-18(2)9-11-20)16-22(27)24-14-12-23(17-26)13-15-24/h4-11,17H,3,12-16H2,1-2H3. The smallest absolute Gasteiger partial charge is 0.264 e. The predicted octanol–water partition coefficient (Wildman–Crippen LogP) is 2.05. The molecule has 8 heteroatoms. The molecule has 0 atom stereocenters.